The van der Waals surface area contributed by atoms with Crippen molar-refractivity contribution in [2.75, 3.05) is 18.6 Å². The minimum absolute atomic E-state index is 0.115. The Labute approximate surface area is 176 Å². The molecule has 0 aliphatic carbocycles. The largest absolute Gasteiger partial charge is 0.496 e. The normalized spacial score (nSPS) is 22.5. The van der Waals surface area contributed by atoms with E-state index in [9.17, 15) is 4.39 Å². The van der Waals surface area contributed by atoms with Crippen LogP contribution in [0.5, 0.6) is 5.75 Å². The van der Waals surface area contributed by atoms with Crippen molar-refractivity contribution >= 4 is 5.69 Å². The van der Waals surface area contributed by atoms with Gasteiger partial charge in [-0.25, -0.2) is 15.2 Å². The van der Waals surface area contributed by atoms with Gasteiger partial charge >= 0.3 is 0 Å². The van der Waals surface area contributed by atoms with Gasteiger partial charge in [-0.05, 0) is 42.3 Å². The maximum atomic E-state index is 13.5. The van der Waals surface area contributed by atoms with Gasteiger partial charge in [-0.3, -0.25) is 0 Å². The third kappa shape index (κ3) is 3.34. The van der Waals surface area contributed by atoms with Crippen molar-refractivity contribution in [2.45, 2.75) is 25.6 Å². The van der Waals surface area contributed by atoms with E-state index in [1.165, 1.54) is 34.5 Å². The number of ether oxygens (including phenoxy) is 1. The number of fused-ring (bicyclic) bond motifs is 3. The van der Waals surface area contributed by atoms with Crippen LogP contribution in [0, 0.1) is 18.7 Å². The standard InChI is InChI=1S/C25H26FN3O/c1-16-7-12-22-20(13-16)25-21(24(27-28-25)17-8-10-19(26)11-9-17)15-29(22)14-18-5-3-4-6-23(18)30-2/h3-13,21,24-25,27-28H,14-15H2,1-2H3. The van der Waals surface area contributed by atoms with Crippen LogP contribution in [0.3, 0.4) is 0 Å². The van der Waals surface area contributed by atoms with Gasteiger partial charge in [0.25, 0.3) is 0 Å². The molecule has 0 amide bonds. The van der Waals surface area contributed by atoms with Crippen molar-refractivity contribution < 1.29 is 9.13 Å². The van der Waals surface area contributed by atoms with Gasteiger partial charge in [-0.2, -0.15) is 0 Å². The summed E-state index contributed by atoms with van der Waals surface area (Å²) in [5, 5.41) is 0. The highest BCUT2D eigenvalue weighted by atomic mass is 19.1. The molecule has 1 saturated heterocycles. The number of para-hydroxylation sites is 1. The number of benzene rings is 3. The molecule has 0 aromatic heterocycles. The summed E-state index contributed by atoms with van der Waals surface area (Å²) in [7, 11) is 1.72. The summed E-state index contributed by atoms with van der Waals surface area (Å²) in [5.74, 6) is 1.02. The second-order valence-electron chi connectivity index (χ2n) is 8.21. The Morgan fingerprint density at radius 1 is 1.00 bits per heavy atom. The summed E-state index contributed by atoms with van der Waals surface area (Å²) in [6.07, 6.45) is 0. The molecule has 3 aromatic rings. The maximum absolute atomic E-state index is 13.5. The van der Waals surface area contributed by atoms with Gasteiger partial charge in [0.2, 0.25) is 0 Å². The Bertz CT molecular complexity index is 1050. The zero-order valence-corrected chi connectivity index (χ0v) is 17.2. The highest BCUT2D eigenvalue weighted by Gasteiger charge is 2.43. The molecule has 5 rings (SSSR count). The van der Waals surface area contributed by atoms with Gasteiger partial charge < -0.3 is 9.64 Å². The van der Waals surface area contributed by atoms with Gasteiger partial charge in [0.15, 0.2) is 0 Å². The minimum atomic E-state index is -0.205. The van der Waals surface area contributed by atoms with E-state index in [0.717, 1.165) is 24.4 Å². The zero-order chi connectivity index (χ0) is 20.7. The molecule has 3 aromatic carbocycles. The van der Waals surface area contributed by atoms with Crippen LogP contribution in [0.2, 0.25) is 0 Å². The molecular formula is C25H26FN3O. The Morgan fingerprint density at radius 3 is 2.57 bits per heavy atom. The Balaban J connectivity index is 1.52. The molecule has 30 heavy (non-hydrogen) atoms. The van der Waals surface area contributed by atoms with E-state index in [0.29, 0.717) is 5.92 Å². The third-order valence-electron chi connectivity index (χ3n) is 6.32. The molecule has 3 atom stereocenters. The number of nitrogens with one attached hydrogen (secondary N) is 2. The highest BCUT2D eigenvalue weighted by molar-refractivity contribution is 5.60. The van der Waals surface area contributed by atoms with Crippen LogP contribution in [0.25, 0.3) is 0 Å². The molecule has 0 bridgehead atoms. The van der Waals surface area contributed by atoms with E-state index in [4.69, 9.17) is 4.74 Å². The van der Waals surface area contributed by atoms with Crippen LogP contribution in [0.1, 0.15) is 34.3 Å². The third-order valence-corrected chi connectivity index (χ3v) is 6.32. The van der Waals surface area contributed by atoms with Crippen LogP contribution in [0.4, 0.5) is 10.1 Å². The Morgan fingerprint density at radius 2 is 1.77 bits per heavy atom. The quantitative estimate of drug-likeness (QED) is 0.664. The fourth-order valence-electron chi connectivity index (χ4n) is 4.86. The number of hydrogen-bond acceptors (Lipinski definition) is 4. The Hall–Kier alpha value is -2.89. The smallest absolute Gasteiger partial charge is 0.123 e. The first-order valence-corrected chi connectivity index (χ1v) is 10.4. The van der Waals surface area contributed by atoms with E-state index < -0.39 is 0 Å². The molecule has 2 heterocycles. The second-order valence-corrected chi connectivity index (χ2v) is 8.21. The van der Waals surface area contributed by atoms with Gasteiger partial charge in [-0.1, -0.05) is 48.0 Å². The summed E-state index contributed by atoms with van der Waals surface area (Å²) >= 11 is 0. The van der Waals surface area contributed by atoms with Crippen LogP contribution < -0.4 is 20.5 Å². The number of hydrogen-bond donors (Lipinski definition) is 2. The lowest BCUT2D eigenvalue weighted by molar-refractivity contribution is 0.393. The van der Waals surface area contributed by atoms with Gasteiger partial charge in [0.05, 0.1) is 19.2 Å². The van der Waals surface area contributed by atoms with Crippen LogP contribution >= 0.6 is 0 Å². The first kappa shape index (κ1) is 19.1. The number of anilines is 1. The molecule has 4 nitrogen and oxygen atoms in total. The van der Waals surface area contributed by atoms with E-state index >= 15 is 0 Å². The molecule has 154 valence electrons. The molecule has 0 radical (unpaired) electrons. The van der Waals surface area contributed by atoms with Gasteiger partial charge in [-0.15, -0.1) is 0 Å². The van der Waals surface area contributed by atoms with E-state index in [2.05, 4.69) is 53.0 Å². The average molecular weight is 404 g/mol. The lowest BCUT2D eigenvalue weighted by Crippen LogP contribution is -2.39. The predicted molar refractivity (Wildman–Crippen MR) is 117 cm³/mol. The molecule has 3 unspecified atom stereocenters. The molecule has 5 heteroatoms. The van der Waals surface area contributed by atoms with Crippen molar-refractivity contribution in [3.63, 3.8) is 0 Å². The van der Waals surface area contributed by atoms with Crippen molar-refractivity contribution in [3.8, 4) is 5.75 Å². The van der Waals surface area contributed by atoms with Crippen molar-refractivity contribution in [2.24, 2.45) is 5.92 Å². The Kier molecular flexibility index (Phi) is 4.93. The van der Waals surface area contributed by atoms with E-state index in [1.807, 2.05) is 24.3 Å². The van der Waals surface area contributed by atoms with Crippen molar-refractivity contribution in [3.05, 3.63) is 94.8 Å². The lowest BCUT2D eigenvalue weighted by Gasteiger charge is -2.39. The fraction of sp³-hybridized carbons (Fsp3) is 0.280. The number of hydrazine groups is 1. The fourth-order valence-corrected chi connectivity index (χ4v) is 4.86. The highest BCUT2D eigenvalue weighted by Crippen LogP contribution is 2.46. The molecule has 2 N–H and O–H groups in total. The topological polar surface area (TPSA) is 36.5 Å². The summed E-state index contributed by atoms with van der Waals surface area (Å²) in [6, 6.07) is 22.0. The number of halogens is 1. The van der Waals surface area contributed by atoms with Crippen molar-refractivity contribution in [1.82, 2.24) is 10.9 Å². The minimum Gasteiger partial charge on any atom is -0.496 e. The molecule has 1 fully saturated rings. The van der Waals surface area contributed by atoms with Crippen LogP contribution in [-0.4, -0.2) is 13.7 Å². The average Bonchev–Trinajstić information content (AvgIpc) is 3.18. The van der Waals surface area contributed by atoms with Crippen LogP contribution in [0.15, 0.2) is 66.7 Å². The first-order chi connectivity index (χ1) is 14.6. The number of methoxy groups -OCH3 is 1. The van der Waals surface area contributed by atoms with Crippen LogP contribution in [-0.2, 0) is 6.54 Å². The van der Waals surface area contributed by atoms with Gasteiger partial charge in [0.1, 0.15) is 11.6 Å². The number of nitrogens with zero attached hydrogens (tertiary/aromatic N) is 1. The van der Waals surface area contributed by atoms with E-state index in [1.54, 1.807) is 7.11 Å². The summed E-state index contributed by atoms with van der Waals surface area (Å²) in [5.41, 5.74) is 13.1. The second kappa shape index (κ2) is 7.74. The number of aryl methyl sites for hydroxylation is 1. The molecule has 2 aliphatic rings. The summed E-state index contributed by atoms with van der Waals surface area (Å²) in [6.45, 7) is 3.80. The summed E-state index contributed by atoms with van der Waals surface area (Å²) < 4.78 is 19.1. The lowest BCUT2D eigenvalue weighted by atomic mass is 9.81. The SMILES string of the molecule is COc1ccccc1CN1CC2C(c3ccc(F)cc3)NNC2c2cc(C)ccc21. The van der Waals surface area contributed by atoms with E-state index in [-0.39, 0.29) is 17.9 Å². The zero-order valence-electron chi connectivity index (χ0n) is 17.2. The number of rotatable bonds is 4. The molecule has 2 aliphatic heterocycles. The molecule has 0 spiro atoms. The maximum Gasteiger partial charge on any atom is 0.123 e. The van der Waals surface area contributed by atoms with Gasteiger partial charge in [0, 0.05) is 30.3 Å². The summed E-state index contributed by atoms with van der Waals surface area (Å²) in [4.78, 5) is 2.44. The molecule has 0 saturated carbocycles. The monoisotopic (exact) mass is 403 g/mol. The molecular weight excluding hydrogens is 377 g/mol. The predicted octanol–water partition coefficient (Wildman–Crippen LogP) is 4.67. The first-order valence-electron chi connectivity index (χ1n) is 10.4. The van der Waals surface area contributed by atoms with Crippen molar-refractivity contribution in [1.29, 1.82) is 0 Å².